The molecule has 0 spiro atoms. The molecule has 104 valence electrons. The van der Waals surface area contributed by atoms with Gasteiger partial charge in [0.2, 0.25) is 5.91 Å². The van der Waals surface area contributed by atoms with Gasteiger partial charge in [-0.25, -0.2) is 0 Å². The van der Waals surface area contributed by atoms with Gasteiger partial charge < -0.3 is 20.5 Å². The molecule has 0 radical (unpaired) electrons. The molecule has 1 amide bonds. The molecule has 0 bridgehead atoms. The third-order valence-electron chi connectivity index (χ3n) is 3.48. The Morgan fingerprint density at radius 3 is 2.72 bits per heavy atom. The number of carbonyl (C=O) groups is 2. The van der Waals surface area contributed by atoms with Crippen LogP contribution in [0.4, 0.5) is 0 Å². The molecule has 18 heavy (non-hydrogen) atoms. The summed E-state index contributed by atoms with van der Waals surface area (Å²) in [7, 11) is 1.60. The van der Waals surface area contributed by atoms with Crippen molar-refractivity contribution in [2.24, 2.45) is 11.1 Å². The summed E-state index contributed by atoms with van der Waals surface area (Å²) in [6, 6.07) is -0.559. The number of carboxylic acid groups (broad SMARTS) is 1. The number of amides is 1. The van der Waals surface area contributed by atoms with Crippen LogP contribution in [-0.2, 0) is 14.3 Å². The number of nitrogens with two attached hydrogens (primary N) is 1. The lowest BCUT2D eigenvalue weighted by Gasteiger charge is -2.23. The smallest absolute Gasteiger partial charge is 0.311 e. The van der Waals surface area contributed by atoms with Crippen LogP contribution in [0.15, 0.2) is 0 Å². The number of ether oxygens (including phenoxy) is 1. The highest BCUT2D eigenvalue weighted by atomic mass is 16.5. The maximum Gasteiger partial charge on any atom is 0.311 e. The van der Waals surface area contributed by atoms with Crippen molar-refractivity contribution in [3.63, 3.8) is 0 Å². The molecule has 1 aliphatic rings. The van der Waals surface area contributed by atoms with Crippen LogP contribution in [0.2, 0.25) is 0 Å². The topological polar surface area (TPSA) is 92.9 Å². The Labute approximate surface area is 107 Å². The zero-order valence-corrected chi connectivity index (χ0v) is 11.0. The summed E-state index contributed by atoms with van der Waals surface area (Å²) < 4.78 is 4.90. The van der Waals surface area contributed by atoms with Crippen LogP contribution in [0.5, 0.6) is 0 Å². The van der Waals surface area contributed by atoms with E-state index in [-0.39, 0.29) is 12.5 Å². The summed E-state index contributed by atoms with van der Waals surface area (Å²) in [5, 5.41) is 9.10. The SMILES string of the molecule is COCCCC(N)C(=O)N1CCC(C)(C(=O)O)C1. The molecule has 2 unspecified atom stereocenters. The fraction of sp³-hybridized carbons (Fsp3) is 0.833. The minimum Gasteiger partial charge on any atom is -0.481 e. The first kappa shape index (κ1) is 14.9. The predicted octanol–water partition coefficient (Wildman–Crippen LogP) is 0.0635. The number of methoxy groups -OCH3 is 1. The Hall–Kier alpha value is -1.14. The summed E-state index contributed by atoms with van der Waals surface area (Å²) in [4.78, 5) is 24.7. The second-order valence-corrected chi connectivity index (χ2v) is 5.12. The fourth-order valence-corrected chi connectivity index (χ4v) is 2.13. The molecule has 6 nitrogen and oxygen atoms in total. The number of carbonyl (C=O) groups excluding carboxylic acids is 1. The van der Waals surface area contributed by atoms with E-state index in [1.165, 1.54) is 0 Å². The third-order valence-corrected chi connectivity index (χ3v) is 3.48. The van der Waals surface area contributed by atoms with Crippen molar-refractivity contribution in [1.29, 1.82) is 0 Å². The zero-order chi connectivity index (χ0) is 13.8. The van der Waals surface area contributed by atoms with E-state index in [0.29, 0.717) is 26.0 Å². The van der Waals surface area contributed by atoms with Crippen LogP contribution < -0.4 is 5.73 Å². The summed E-state index contributed by atoms with van der Waals surface area (Å²) in [6.07, 6.45) is 1.78. The van der Waals surface area contributed by atoms with Crippen LogP contribution in [0.1, 0.15) is 26.2 Å². The predicted molar refractivity (Wildman–Crippen MR) is 66.0 cm³/mol. The lowest BCUT2D eigenvalue weighted by atomic mass is 9.90. The highest BCUT2D eigenvalue weighted by Gasteiger charge is 2.42. The van der Waals surface area contributed by atoms with Crippen LogP contribution in [-0.4, -0.2) is 54.7 Å². The average molecular weight is 258 g/mol. The summed E-state index contributed by atoms with van der Waals surface area (Å²) >= 11 is 0. The van der Waals surface area contributed by atoms with E-state index in [0.717, 1.165) is 6.42 Å². The van der Waals surface area contributed by atoms with Crippen LogP contribution in [0.3, 0.4) is 0 Å². The van der Waals surface area contributed by atoms with E-state index in [9.17, 15) is 9.59 Å². The first-order valence-corrected chi connectivity index (χ1v) is 6.17. The van der Waals surface area contributed by atoms with Gasteiger partial charge in [0.05, 0.1) is 11.5 Å². The second kappa shape index (κ2) is 6.15. The number of carboxylic acids is 1. The molecule has 1 heterocycles. The third kappa shape index (κ3) is 3.43. The largest absolute Gasteiger partial charge is 0.481 e. The van der Waals surface area contributed by atoms with Crippen LogP contribution in [0.25, 0.3) is 0 Å². The molecular weight excluding hydrogens is 236 g/mol. The van der Waals surface area contributed by atoms with Crippen molar-refractivity contribution < 1.29 is 19.4 Å². The van der Waals surface area contributed by atoms with Gasteiger partial charge in [0.15, 0.2) is 0 Å². The molecule has 0 aliphatic carbocycles. The number of nitrogens with zero attached hydrogens (tertiary/aromatic N) is 1. The minimum absolute atomic E-state index is 0.156. The van der Waals surface area contributed by atoms with E-state index in [1.807, 2.05) is 0 Å². The number of likely N-dealkylation sites (tertiary alicyclic amines) is 1. The molecule has 0 aromatic heterocycles. The van der Waals surface area contributed by atoms with Crippen LogP contribution >= 0.6 is 0 Å². The maximum absolute atomic E-state index is 12.0. The Morgan fingerprint density at radius 2 is 2.22 bits per heavy atom. The number of hydrogen-bond acceptors (Lipinski definition) is 4. The molecule has 0 aromatic carbocycles. The Bertz CT molecular complexity index is 321. The van der Waals surface area contributed by atoms with Crippen molar-refractivity contribution in [1.82, 2.24) is 4.90 Å². The highest BCUT2D eigenvalue weighted by Crippen LogP contribution is 2.30. The van der Waals surface area contributed by atoms with Crippen molar-refractivity contribution in [3.05, 3.63) is 0 Å². The van der Waals surface area contributed by atoms with Crippen molar-refractivity contribution in [3.8, 4) is 0 Å². The fourth-order valence-electron chi connectivity index (χ4n) is 2.13. The second-order valence-electron chi connectivity index (χ2n) is 5.12. The number of aliphatic carboxylic acids is 1. The van der Waals surface area contributed by atoms with E-state index in [2.05, 4.69) is 0 Å². The van der Waals surface area contributed by atoms with E-state index in [1.54, 1.807) is 18.9 Å². The molecule has 0 saturated carbocycles. The molecule has 0 aromatic rings. The molecule has 1 saturated heterocycles. The van der Waals surface area contributed by atoms with Crippen molar-refractivity contribution >= 4 is 11.9 Å². The summed E-state index contributed by atoms with van der Waals surface area (Å²) in [6.45, 7) is 2.96. The van der Waals surface area contributed by atoms with Crippen molar-refractivity contribution in [2.45, 2.75) is 32.2 Å². The molecule has 1 fully saturated rings. The van der Waals surface area contributed by atoms with Gasteiger partial charge in [-0.05, 0) is 26.2 Å². The minimum atomic E-state index is -0.856. The Kier molecular flexibility index (Phi) is 5.10. The molecule has 1 aliphatic heterocycles. The van der Waals surface area contributed by atoms with Gasteiger partial charge >= 0.3 is 5.97 Å². The molecule has 3 N–H and O–H groups in total. The van der Waals surface area contributed by atoms with E-state index in [4.69, 9.17) is 15.6 Å². The van der Waals surface area contributed by atoms with Gasteiger partial charge in [0, 0.05) is 26.8 Å². The molecule has 2 atom stereocenters. The van der Waals surface area contributed by atoms with Gasteiger partial charge in [-0.2, -0.15) is 0 Å². The normalized spacial score (nSPS) is 25.2. The highest BCUT2D eigenvalue weighted by molar-refractivity contribution is 5.84. The lowest BCUT2D eigenvalue weighted by Crippen LogP contribution is -2.44. The number of hydrogen-bond donors (Lipinski definition) is 2. The first-order valence-electron chi connectivity index (χ1n) is 6.17. The van der Waals surface area contributed by atoms with Gasteiger partial charge in [-0.1, -0.05) is 0 Å². The van der Waals surface area contributed by atoms with E-state index < -0.39 is 17.4 Å². The molecule has 6 heteroatoms. The number of rotatable bonds is 6. The van der Waals surface area contributed by atoms with Gasteiger partial charge in [0.25, 0.3) is 0 Å². The summed E-state index contributed by atoms with van der Waals surface area (Å²) in [5.41, 5.74) is 4.98. The molecule has 1 rings (SSSR count). The Balaban J connectivity index is 2.46. The van der Waals surface area contributed by atoms with Crippen LogP contribution in [0, 0.1) is 5.41 Å². The summed E-state index contributed by atoms with van der Waals surface area (Å²) in [5.74, 6) is -1.01. The standard InChI is InChI=1S/C12H22N2O4/c1-12(11(16)17)5-6-14(8-12)10(15)9(13)4-3-7-18-2/h9H,3-8,13H2,1-2H3,(H,16,17). The lowest BCUT2D eigenvalue weighted by molar-refractivity contribution is -0.147. The quantitative estimate of drug-likeness (QED) is 0.657. The molecular formula is C12H22N2O4. The van der Waals surface area contributed by atoms with Gasteiger partial charge in [-0.15, -0.1) is 0 Å². The van der Waals surface area contributed by atoms with E-state index >= 15 is 0 Å². The Morgan fingerprint density at radius 1 is 1.56 bits per heavy atom. The van der Waals surface area contributed by atoms with Crippen molar-refractivity contribution in [2.75, 3.05) is 26.8 Å². The average Bonchev–Trinajstić information content (AvgIpc) is 2.72. The van der Waals surface area contributed by atoms with Gasteiger partial charge in [0.1, 0.15) is 0 Å². The first-order chi connectivity index (χ1) is 8.40. The maximum atomic E-state index is 12.0. The monoisotopic (exact) mass is 258 g/mol. The van der Waals surface area contributed by atoms with Gasteiger partial charge in [-0.3, -0.25) is 9.59 Å². The zero-order valence-electron chi connectivity index (χ0n) is 11.0.